The van der Waals surface area contributed by atoms with Gasteiger partial charge in [0.2, 0.25) is 0 Å². The summed E-state index contributed by atoms with van der Waals surface area (Å²) in [5, 5.41) is 11.6. The molecule has 2 rings (SSSR count). The highest BCUT2D eigenvalue weighted by molar-refractivity contribution is 6.31. The van der Waals surface area contributed by atoms with Crippen molar-refractivity contribution in [2.45, 2.75) is 19.4 Å². The molecular formula is C16H16Cl2O2. The summed E-state index contributed by atoms with van der Waals surface area (Å²) in [6.07, 6.45) is -0.306. The van der Waals surface area contributed by atoms with E-state index in [0.717, 1.165) is 11.1 Å². The summed E-state index contributed by atoms with van der Waals surface area (Å²) in [6, 6.07) is 11.0. The lowest BCUT2D eigenvalue weighted by atomic mass is 10.00. The number of halogens is 2. The molecule has 0 heterocycles. The molecule has 2 nitrogen and oxygen atoms in total. The summed E-state index contributed by atoms with van der Waals surface area (Å²) in [7, 11) is 1.57. The number of hydrogen-bond acceptors (Lipinski definition) is 2. The molecule has 0 fully saturated rings. The number of benzene rings is 2. The summed E-state index contributed by atoms with van der Waals surface area (Å²) in [5.41, 5.74) is 2.65. The summed E-state index contributed by atoms with van der Waals surface area (Å²) in [4.78, 5) is 0. The average Bonchev–Trinajstić information content (AvgIpc) is 2.41. The zero-order valence-corrected chi connectivity index (χ0v) is 12.9. The molecule has 1 atom stereocenters. The molecule has 20 heavy (non-hydrogen) atoms. The highest BCUT2D eigenvalue weighted by atomic mass is 35.5. The molecule has 0 spiro atoms. The van der Waals surface area contributed by atoms with Crippen LogP contribution in [-0.2, 0) is 6.42 Å². The van der Waals surface area contributed by atoms with Crippen molar-refractivity contribution < 1.29 is 9.84 Å². The zero-order valence-electron chi connectivity index (χ0n) is 11.4. The van der Waals surface area contributed by atoms with E-state index in [4.69, 9.17) is 27.9 Å². The molecule has 1 N–H and O–H groups in total. The quantitative estimate of drug-likeness (QED) is 0.895. The Bertz CT molecular complexity index is 611. The van der Waals surface area contributed by atoms with Gasteiger partial charge in [0.25, 0.3) is 0 Å². The van der Waals surface area contributed by atoms with E-state index in [2.05, 4.69) is 0 Å². The van der Waals surface area contributed by atoms with Crippen molar-refractivity contribution in [1.82, 2.24) is 0 Å². The Morgan fingerprint density at radius 3 is 2.55 bits per heavy atom. The van der Waals surface area contributed by atoms with Gasteiger partial charge in [-0.15, -0.1) is 0 Å². The minimum Gasteiger partial charge on any atom is -0.496 e. The molecule has 0 amide bonds. The highest BCUT2D eigenvalue weighted by Crippen LogP contribution is 2.31. The second kappa shape index (κ2) is 6.49. The van der Waals surface area contributed by atoms with Crippen molar-refractivity contribution in [2.75, 3.05) is 7.11 Å². The van der Waals surface area contributed by atoms with E-state index in [-0.39, 0.29) is 0 Å². The van der Waals surface area contributed by atoms with Crippen LogP contribution < -0.4 is 4.74 Å². The lowest BCUT2D eigenvalue weighted by molar-refractivity contribution is 0.174. The predicted octanol–water partition coefficient (Wildman–Crippen LogP) is 4.59. The summed E-state index contributed by atoms with van der Waals surface area (Å²) >= 11 is 12.2. The number of ether oxygens (including phenoxy) is 1. The van der Waals surface area contributed by atoms with Crippen molar-refractivity contribution in [2.24, 2.45) is 0 Å². The lowest BCUT2D eigenvalue weighted by Crippen LogP contribution is -2.04. The fourth-order valence-corrected chi connectivity index (χ4v) is 2.59. The van der Waals surface area contributed by atoms with Crippen molar-refractivity contribution in [1.29, 1.82) is 0 Å². The lowest BCUT2D eigenvalue weighted by Gasteiger charge is -2.16. The Balaban J connectivity index is 2.27. The Labute approximate surface area is 128 Å². The monoisotopic (exact) mass is 310 g/mol. The van der Waals surface area contributed by atoms with Crippen LogP contribution in [0.5, 0.6) is 5.75 Å². The third kappa shape index (κ3) is 3.45. The van der Waals surface area contributed by atoms with E-state index in [1.807, 2.05) is 25.1 Å². The van der Waals surface area contributed by atoms with Crippen LogP contribution in [0.2, 0.25) is 10.0 Å². The average molecular weight is 311 g/mol. The van der Waals surface area contributed by atoms with Gasteiger partial charge in [0, 0.05) is 22.0 Å². The van der Waals surface area contributed by atoms with Crippen LogP contribution in [0.4, 0.5) is 0 Å². The topological polar surface area (TPSA) is 29.5 Å². The van der Waals surface area contributed by atoms with Gasteiger partial charge in [-0.1, -0.05) is 35.3 Å². The molecule has 0 aliphatic heterocycles. The maximum atomic E-state index is 10.4. The first-order valence-corrected chi connectivity index (χ1v) is 7.03. The van der Waals surface area contributed by atoms with E-state index in [0.29, 0.717) is 27.8 Å². The molecule has 2 aromatic rings. The van der Waals surface area contributed by atoms with Gasteiger partial charge in [-0.3, -0.25) is 0 Å². The molecular weight excluding hydrogens is 295 g/mol. The molecule has 1 unspecified atom stereocenters. The Morgan fingerprint density at radius 2 is 1.90 bits per heavy atom. The normalized spacial score (nSPS) is 12.2. The van der Waals surface area contributed by atoms with Gasteiger partial charge in [-0.2, -0.15) is 0 Å². The van der Waals surface area contributed by atoms with Gasteiger partial charge in [0.15, 0.2) is 0 Å². The molecule has 0 saturated carbocycles. The minimum absolute atomic E-state index is 0.413. The van der Waals surface area contributed by atoms with Crippen molar-refractivity contribution in [3.8, 4) is 5.75 Å². The molecule has 0 aromatic heterocycles. The van der Waals surface area contributed by atoms with Gasteiger partial charge in [-0.25, -0.2) is 0 Å². The molecule has 0 saturated heterocycles. The third-order valence-corrected chi connectivity index (χ3v) is 3.76. The minimum atomic E-state index is -0.719. The van der Waals surface area contributed by atoms with Crippen LogP contribution >= 0.6 is 23.2 Å². The fourth-order valence-electron chi connectivity index (χ4n) is 2.10. The number of rotatable bonds is 4. The first-order valence-electron chi connectivity index (χ1n) is 6.28. The van der Waals surface area contributed by atoms with E-state index in [9.17, 15) is 5.11 Å². The predicted molar refractivity (Wildman–Crippen MR) is 82.9 cm³/mol. The van der Waals surface area contributed by atoms with Crippen LogP contribution in [0, 0.1) is 6.92 Å². The second-order valence-electron chi connectivity index (χ2n) is 4.70. The number of aryl methyl sites for hydroxylation is 1. The van der Waals surface area contributed by atoms with E-state index < -0.39 is 6.10 Å². The SMILES string of the molecule is COc1ccc(Cl)cc1C(O)Cc1ccc(C)cc1Cl. The molecule has 0 bridgehead atoms. The van der Waals surface area contributed by atoms with Crippen LogP contribution in [-0.4, -0.2) is 12.2 Å². The molecule has 0 aliphatic carbocycles. The molecule has 0 aliphatic rings. The number of methoxy groups -OCH3 is 1. The molecule has 2 aromatic carbocycles. The van der Waals surface area contributed by atoms with Crippen molar-refractivity contribution in [3.63, 3.8) is 0 Å². The van der Waals surface area contributed by atoms with E-state index in [1.54, 1.807) is 25.3 Å². The van der Waals surface area contributed by atoms with Crippen LogP contribution in [0.15, 0.2) is 36.4 Å². The second-order valence-corrected chi connectivity index (χ2v) is 5.54. The highest BCUT2D eigenvalue weighted by Gasteiger charge is 2.16. The van der Waals surface area contributed by atoms with Crippen LogP contribution in [0.25, 0.3) is 0 Å². The Morgan fingerprint density at radius 1 is 1.15 bits per heavy atom. The van der Waals surface area contributed by atoms with Crippen LogP contribution in [0.1, 0.15) is 22.8 Å². The van der Waals surface area contributed by atoms with Crippen LogP contribution in [0.3, 0.4) is 0 Å². The smallest absolute Gasteiger partial charge is 0.124 e. The first-order chi connectivity index (χ1) is 9.51. The van der Waals surface area contributed by atoms with Crippen molar-refractivity contribution >= 4 is 23.2 Å². The van der Waals surface area contributed by atoms with Gasteiger partial charge in [0.1, 0.15) is 5.75 Å². The molecule has 106 valence electrons. The van der Waals surface area contributed by atoms with E-state index in [1.165, 1.54) is 0 Å². The van der Waals surface area contributed by atoms with Gasteiger partial charge < -0.3 is 9.84 Å². The van der Waals surface area contributed by atoms with E-state index >= 15 is 0 Å². The fraction of sp³-hybridized carbons (Fsp3) is 0.250. The Kier molecular flexibility index (Phi) is 4.92. The number of aliphatic hydroxyl groups is 1. The standard InChI is InChI=1S/C16H16Cl2O2/c1-10-3-4-11(14(18)7-10)8-15(19)13-9-12(17)5-6-16(13)20-2/h3-7,9,15,19H,8H2,1-2H3. The first kappa shape index (κ1) is 15.2. The summed E-state index contributed by atoms with van der Waals surface area (Å²) < 4.78 is 5.26. The maximum Gasteiger partial charge on any atom is 0.124 e. The summed E-state index contributed by atoms with van der Waals surface area (Å²) in [6.45, 7) is 1.98. The number of hydrogen-bond donors (Lipinski definition) is 1. The van der Waals surface area contributed by atoms with Gasteiger partial charge in [-0.05, 0) is 42.3 Å². The maximum absolute atomic E-state index is 10.4. The summed E-state index contributed by atoms with van der Waals surface area (Å²) in [5.74, 6) is 0.616. The largest absolute Gasteiger partial charge is 0.496 e. The van der Waals surface area contributed by atoms with Gasteiger partial charge >= 0.3 is 0 Å². The zero-order chi connectivity index (χ0) is 14.7. The Hall–Kier alpha value is -1.22. The third-order valence-electron chi connectivity index (χ3n) is 3.17. The van der Waals surface area contributed by atoms with Gasteiger partial charge in [0.05, 0.1) is 13.2 Å². The number of aliphatic hydroxyl groups excluding tert-OH is 1. The van der Waals surface area contributed by atoms with Crippen molar-refractivity contribution in [3.05, 3.63) is 63.1 Å². The molecule has 4 heteroatoms. The molecule has 0 radical (unpaired) electrons.